The number of carbonyl (C=O) groups is 1. The first kappa shape index (κ1) is 18.8. The average Bonchev–Trinajstić information content (AvgIpc) is 3.25. The zero-order valence-corrected chi connectivity index (χ0v) is 16.3. The fourth-order valence-electron chi connectivity index (χ4n) is 2.52. The summed E-state index contributed by atoms with van der Waals surface area (Å²) in [6.07, 6.45) is 1.61. The van der Waals surface area contributed by atoms with Gasteiger partial charge < -0.3 is 23.8 Å². The predicted molar refractivity (Wildman–Crippen MR) is 102 cm³/mol. The highest BCUT2D eigenvalue weighted by Crippen LogP contribution is 2.30. The topological polar surface area (TPSA) is 91.4 Å². The molecule has 8 nitrogen and oxygen atoms in total. The third kappa shape index (κ3) is 4.08. The lowest BCUT2D eigenvalue weighted by Crippen LogP contribution is -2.15. The summed E-state index contributed by atoms with van der Waals surface area (Å²) in [4.78, 5) is 12.4. The summed E-state index contributed by atoms with van der Waals surface area (Å²) >= 11 is 1.30. The van der Waals surface area contributed by atoms with Gasteiger partial charge in [0.25, 0.3) is 0 Å². The number of nitrogens with zero attached hydrogens (tertiary/aromatic N) is 3. The Hall–Kier alpha value is -2.94. The van der Waals surface area contributed by atoms with E-state index in [2.05, 4.69) is 15.5 Å². The van der Waals surface area contributed by atoms with Crippen LogP contribution in [-0.2, 0) is 11.8 Å². The van der Waals surface area contributed by atoms with E-state index in [1.807, 2.05) is 24.6 Å². The molecule has 0 saturated carbocycles. The molecule has 0 aliphatic carbocycles. The maximum Gasteiger partial charge on any atom is 0.234 e. The lowest BCUT2D eigenvalue weighted by Gasteiger charge is -2.11. The molecule has 9 heteroatoms. The van der Waals surface area contributed by atoms with E-state index in [0.29, 0.717) is 28.2 Å². The molecule has 27 heavy (non-hydrogen) atoms. The van der Waals surface area contributed by atoms with Crippen molar-refractivity contribution in [3.05, 3.63) is 36.3 Å². The van der Waals surface area contributed by atoms with E-state index < -0.39 is 0 Å². The molecule has 0 atom stereocenters. The van der Waals surface area contributed by atoms with Gasteiger partial charge in [0.05, 0.1) is 37.5 Å². The van der Waals surface area contributed by atoms with Crippen molar-refractivity contribution in [3.8, 4) is 22.9 Å². The van der Waals surface area contributed by atoms with Crippen LogP contribution < -0.4 is 14.8 Å². The molecule has 0 unspecified atom stereocenters. The normalized spacial score (nSPS) is 10.7. The second kappa shape index (κ2) is 8.17. The van der Waals surface area contributed by atoms with Crippen molar-refractivity contribution in [3.63, 3.8) is 0 Å². The number of ether oxygens (including phenoxy) is 2. The molecule has 0 aliphatic heterocycles. The van der Waals surface area contributed by atoms with Crippen LogP contribution in [-0.4, -0.2) is 40.6 Å². The molecule has 0 bridgehead atoms. The number of amides is 1. The minimum atomic E-state index is -0.185. The van der Waals surface area contributed by atoms with Crippen molar-refractivity contribution in [1.29, 1.82) is 0 Å². The number of hydrogen-bond donors (Lipinski definition) is 1. The van der Waals surface area contributed by atoms with Crippen molar-refractivity contribution in [1.82, 2.24) is 14.8 Å². The third-order valence-electron chi connectivity index (χ3n) is 3.95. The summed E-state index contributed by atoms with van der Waals surface area (Å²) in [6, 6.07) is 7.06. The number of methoxy groups -OCH3 is 2. The van der Waals surface area contributed by atoms with Gasteiger partial charge in [0.1, 0.15) is 17.3 Å². The van der Waals surface area contributed by atoms with E-state index in [1.165, 1.54) is 11.8 Å². The van der Waals surface area contributed by atoms with E-state index in [1.54, 1.807) is 38.7 Å². The summed E-state index contributed by atoms with van der Waals surface area (Å²) in [5.74, 6) is 2.65. The fraction of sp³-hybridized carbons (Fsp3) is 0.278. The van der Waals surface area contributed by atoms with Gasteiger partial charge in [-0.2, -0.15) is 0 Å². The van der Waals surface area contributed by atoms with Crippen LogP contribution in [0.3, 0.4) is 0 Å². The number of carbonyl (C=O) groups excluding carboxylic acids is 1. The van der Waals surface area contributed by atoms with Gasteiger partial charge in [0.15, 0.2) is 11.0 Å². The number of hydrogen-bond acceptors (Lipinski definition) is 7. The quantitative estimate of drug-likeness (QED) is 0.622. The van der Waals surface area contributed by atoms with Crippen molar-refractivity contribution in [2.24, 2.45) is 7.05 Å². The zero-order chi connectivity index (χ0) is 19.4. The van der Waals surface area contributed by atoms with Crippen LogP contribution in [0.5, 0.6) is 11.5 Å². The van der Waals surface area contributed by atoms with Gasteiger partial charge in [-0.3, -0.25) is 4.79 Å². The van der Waals surface area contributed by atoms with E-state index in [-0.39, 0.29) is 11.7 Å². The van der Waals surface area contributed by atoms with E-state index >= 15 is 0 Å². The van der Waals surface area contributed by atoms with Gasteiger partial charge >= 0.3 is 0 Å². The highest BCUT2D eigenvalue weighted by Gasteiger charge is 2.16. The van der Waals surface area contributed by atoms with Gasteiger partial charge in [0.2, 0.25) is 5.91 Å². The standard InChI is InChI=1S/C18H20N4O4S/c1-11-13(7-8-26-11)17-20-21-18(22(17)2)27-10-16(23)19-14-9-12(24-3)5-6-15(14)25-4/h5-9H,10H2,1-4H3,(H,19,23). The minimum Gasteiger partial charge on any atom is -0.497 e. The first-order valence-electron chi connectivity index (χ1n) is 8.12. The Balaban J connectivity index is 1.67. The van der Waals surface area contributed by atoms with Crippen LogP contribution in [0, 0.1) is 6.92 Å². The van der Waals surface area contributed by atoms with Crippen LogP contribution in [0.15, 0.2) is 40.1 Å². The molecule has 0 saturated heterocycles. The maximum absolute atomic E-state index is 12.4. The van der Waals surface area contributed by atoms with Crippen LogP contribution in [0.1, 0.15) is 5.76 Å². The second-order valence-electron chi connectivity index (χ2n) is 5.66. The smallest absolute Gasteiger partial charge is 0.234 e. The average molecular weight is 388 g/mol. The van der Waals surface area contributed by atoms with Crippen LogP contribution in [0.4, 0.5) is 5.69 Å². The van der Waals surface area contributed by atoms with Crippen LogP contribution >= 0.6 is 11.8 Å². The Labute approximate surface area is 160 Å². The lowest BCUT2D eigenvalue weighted by molar-refractivity contribution is -0.113. The maximum atomic E-state index is 12.4. The highest BCUT2D eigenvalue weighted by molar-refractivity contribution is 7.99. The van der Waals surface area contributed by atoms with Gasteiger partial charge in [-0.1, -0.05) is 11.8 Å². The Morgan fingerprint density at radius 3 is 2.74 bits per heavy atom. The molecule has 2 heterocycles. The first-order chi connectivity index (χ1) is 13.0. The van der Waals surface area contributed by atoms with Crippen LogP contribution in [0.25, 0.3) is 11.4 Å². The van der Waals surface area contributed by atoms with Gasteiger partial charge in [0, 0.05) is 13.1 Å². The predicted octanol–water partition coefficient (Wildman–Crippen LogP) is 3.13. The first-order valence-corrected chi connectivity index (χ1v) is 9.10. The largest absolute Gasteiger partial charge is 0.497 e. The van der Waals surface area contributed by atoms with Crippen molar-refractivity contribution < 1.29 is 18.7 Å². The van der Waals surface area contributed by atoms with E-state index in [9.17, 15) is 4.79 Å². The molecule has 0 radical (unpaired) electrons. The summed E-state index contributed by atoms with van der Waals surface area (Å²) in [5, 5.41) is 11.8. The zero-order valence-electron chi connectivity index (χ0n) is 15.5. The number of benzene rings is 1. The summed E-state index contributed by atoms with van der Waals surface area (Å²) in [7, 11) is 4.97. The van der Waals surface area contributed by atoms with E-state index in [4.69, 9.17) is 13.9 Å². The van der Waals surface area contributed by atoms with Crippen LogP contribution in [0.2, 0.25) is 0 Å². The number of aryl methyl sites for hydroxylation is 1. The Kier molecular flexibility index (Phi) is 5.70. The second-order valence-corrected chi connectivity index (χ2v) is 6.60. The molecule has 0 fully saturated rings. The SMILES string of the molecule is COc1ccc(OC)c(NC(=O)CSc2nnc(-c3ccoc3C)n2C)c1. The molecule has 142 valence electrons. The summed E-state index contributed by atoms with van der Waals surface area (Å²) < 4.78 is 17.6. The molecular formula is C18H20N4O4S. The number of aromatic nitrogens is 3. The highest BCUT2D eigenvalue weighted by atomic mass is 32.2. The number of rotatable bonds is 7. The molecule has 0 aliphatic rings. The minimum absolute atomic E-state index is 0.177. The molecule has 1 amide bonds. The van der Waals surface area contributed by atoms with Crippen molar-refractivity contribution >= 4 is 23.4 Å². The molecule has 3 aromatic rings. The van der Waals surface area contributed by atoms with Gasteiger partial charge in [-0.15, -0.1) is 10.2 Å². The number of nitrogens with one attached hydrogen (secondary N) is 1. The Morgan fingerprint density at radius 2 is 2.07 bits per heavy atom. The lowest BCUT2D eigenvalue weighted by atomic mass is 10.2. The molecule has 1 N–H and O–H groups in total. The van der Waals surface area contributed by atoms with Gasteiger partial charge in [-0.25, -0.2) is 0 Å². The summed E-state index contributed by atoms with van der Waals surface area (Å²) in [5.41, 5.74) is 1.43. The monoisotopic (exact) mass is 388 g/mol. The summed E-state index contributed by atoms with van der Waals surface area (Å²) in [6.45, 7) is 1.87. The molecule has 2 aromatic heterocycles. The van der Waals surface area contributed by atoms with Gasteiger partial charge in [-0.05, 0) is 25.1 Å². The molecule has 3 rings (SSSR count). The Morgan fingerprint density at radius 1 is 1.26 bits per heavy atom. The number of thioether (sulfide) groups is 1. The molecular weight excluding hydrogens is 368 g/mol. The van der Waals surface area contributed by atoms with Crippen molar-refractivity contribution in [2.75, 3.05) is 25.3 Å². The van der Waals surface area contributed by atoms with E-state index in [0.717, 1.165) is 11.3 Å². The van der Waals surface area contributed by atoms with Crippen molar-refractivity contribution in [2.45, 2.75) is 12.1 Å². The Bertz CT molecular complexity index is 951. The molecule has 0 spiro atoms. The number of furan rings is 1. The third-order valence-corrected chi connectivity index (χ3v) is 4.97. The molecule has 1 aromatic carbocycles. The number of anilines is 1. The fourth-order valence-corrected chi connectivity index (χ4v) is 3.23.